The molecule has 2 nitrogen and oxygen atoms in total. The van der Waals surface area contributed by atoms with Crippen LogP contribution in [0.3, 0.4) is 0 Å². The number of benzene rings is 2. The molecule has 0 aliphatic carbocycles. The van der Waals surface area contributed by atoms with Gasteiger partial charge in [0.05, 0.1) is 10.2 Å². The van der Waals surface area contributed by atoms with Crippen LogP contribution < -0.4 is 5.32 Å². The first-order valence-electron chi connectivity index (χ1n) is 5.61. The first kappa shape index (κ1) is 11.2. The molecule has 0 bridgehead atoms. The van der Waals surface area contributed by atoms with Crippen LogP contribution in [0.25, 0.3) is 10.2 Å². The van der Waals surface area contributed by atoms with Crippen molar-refractivity contribution >= 4 is 32.4 Å². The van der Waals surface area contributed by atoms with Crippen molar-refractivity contribution in [1.82, 2.24) is 4.98 Å². The zero-order chi connectivity index (χ0) is 12.5. The lowest BCUT2D eigenvalue weighted by molar-refractivity contribution is 0.628. The van der Waals surface area contributed by atoms with Crippen molar-refractivity contribution in [3.8, 4) is 0 Å². The van der Waals surface area contributed by atoms with Crippen molar-refractivity contribution in [1.29, 1.82) is 0 Å². The normalized spacial score (nSPS) is 10.8. The molecule has 0 radical (unpaired) electrons. The summed E-state index contributed by atoms with van der Waals surface area (Å²) in [5, 5.41) is 4.01. The number of rotatable bonds is 2. The van der Waals surface area contributed by atoms with Crippen molar-refractivity contribution in [2.45, 2.75) is 6.92 Å². The van der Waals surface area contributed by atoms with Crippen molar-refractivity contribution in [2.24, 2.45) is 0 Å². The van der Waals surface area contributed by atoms with Crippen molar-refractivity contribution < 1.29 is 4.39 Å². The molecule has 18 heavy (non-hydrogen) atoms. The number of para-hydroxylation sites is 1. The van der Waals surface area contributed by atoms with Gasteiger partial charge in [0.1, 0.15) is 5.82 Å². The zero-order valence-electron chi connectivity index (χ0n) is 9.77. The lowest BCUT2D eigenvalue weighted by atomic mass is 10.2. The fraction of sp³-hybridized carbons (Fsp3) is 0.0714. The summed E-state index contributed by atoms with van der Waals surface area (Å²) in [5.74, 6) is -0.235. The van der Waals surface area contributed by atoms with Crippen molar-refractivity contribution in [3.05, 3.63) is 53.8 Å². The fourth-order valence-electron chi connectivity index (χ4n) is 1.80. The summed E-state index contributed by atoms with van der Waals surface area (Å²) in [5.41, 5.74) is 3.02. The molecule has 0 saturated heterocycles. The van der Waals surface area contributed by atoms with E-state index in [4.69, 9.17) is 0 Å². The lowest BCUT2D eigenvalue weighted by Gasteiger charge is -2.00. The lowest BCUT2D eigenvalue weighted by Crippen LogP contribution is -1.89. The maximum absolute atomic E-state index is 12.8. The van der Waals surface area contributed by atoms with E-state index in [0.717, 1.165) is 26.6 Å². The van der Waals surface area contributed by atoms with Crippen LogP contribution in [0, 0.1) is 12.7 Å². The van der Waals surface area contributed by atoms with Crippen LogP contribution in [0.5, 0.6) is 0 Å². The number of fused-ring (bicyclic) bond motifs is 1. The third kappa shape index (κ3) is 2.07. The highest BCUT2D eigenvalue weighted by Crippen LogP contribution is 2.29. The highest BCUT2D eigenvalue weighted by Gasteiger charge is 2.05. The standard InChI is InChI=1S/C14H11FN2S/c1-9-3-2-4-12-13(9)17-14(18-12)16-11-7-5-10(15)6-8-11/h2-8H,1H3,(H,16,17). The third-order valence-corrected chi connectivity index (χ3v) is 3.65. The Labute approximate surface area is 108 Å². The van der Waals surface area contributed by atoms with E-state index in [0.29, 0.717) is 0 Å². The van der Waals surface area contributed by atoms with Gasteiger partial charge in [-0.25, -0.2) is 9.37 Å². The molecular weight excluding hydrogens is 247 g/mol. The zero-order valence-corrected chi connectivity index (χ0v) is 10.6. The number of halogens is 1. The Hall–Kier alpha value is -1.94. The average Bonchev–Trinajstić information content (AvgIpc) is 2.76. The molecule has 0 spiro atoms. The van der Waals surface area contributed by atoms with Gasteiger partial charge in [0.15, 0.2) is 5.13 Å². The summed E-state index contributed by atoms with van der Waals surface area (Å²) < 4.78 is 14.0. The molecule has 1 heterocycles. The predicted molar refractivity (Wildman–Crippen MR) is 74.0 cm³/mol. The van der Waals surface area contributed by atoms with Gasteiger partial charge in [0.25, 0.3) is 0 Å². The molecule has 90 valence electrons. The number of thiazole rings is 1. The third-order valence-electron chi connectivity index (χ3n) is 2.72. The number of nitrogens with zero attached hydrogens (tertiary/aromatic N) is 1. The fourth-order valence-corrected chi connectivity index (χ4v) is 2.76. The van der Waals surface area contributed by atoms with Gasteiger partial charge >= 0.3 is 0 Å². The van der Waals surface area contributed by atoms with E-state index in [-0.39, 0.29) is 5.82 Å². The Morgan fingerprint density at radius 3 is 2.61 bits per heavy atom. The summed E-state index contributed by atoms with van der Waals surface area (Å²) in [7, 11) is 0. The van der Waals surface area contributed by atoms with E-state index >= 15 is 0 Å². The van der Waals surface area contributed by atoms with E-state index in [1.807, 2.05) is 19.1 Å². The van der Waals surface area contributed by atoms with Crippen molar-refractivity contribution in [3.63, 3.8) is 0 Å². The van der Waals surface area contributed by atoms with Crippen LogP contribution in [0.4, 0.5) is 15.2 Å². The van der Waals surface area contributed by atoms with E-state index in [9.17, 15) is 4.39 Å². The quantitative estimate of drug-likeness (QED) is 0.732. The largest absolute Gasteiger partial charge is 0.332 e. The maximum Gasteiger partial charge on any atom is 0.188 e. The van der Waals surface area contributed by atoms with Crippen LogP contribution in [0.2, 0.25) is 0 Å². The van der Waals surface area contributed by atoms with E-state index in [1.165, 1.54) is 12.1 Å². The SMILES string of the molecule is Cc1cccc2sc(Nc3ccc(F)cc3)nc12. The Morgan fingerprint density at radius 2 is 1.89 bits per heavy atom. The second-order valence-electron chi connectivity index (χ2n) is 4.07. The van der Waals surface area contributed by atoms with Crippen LogP contribution in [0.15, 0.2) is 42.5 Å². The maximum atomic E-state index is 12.8. The molecule has 0 fully saturated rings. The molecule has 0 unspecified atom stereocenters. The molecule has 2 aromatic carbocycles. The van der Waals surface area contributed by atoms with E-state index in [2.05, 4.69) is 16.4 Å². The predicted octanol–water partition coefficient (Wildman–Crippen LogP) is 4.49. The van der Waals surface area contributed by atoms with Gasteiger partial charge in [-0.15, -0.1) is 0 Å². The highest BCUT2D eigenvalue weighted by molar-refractivity contribution is 7.22. The molecule has 0 aliphatic heterocycles. The van der Waals surface area contributed by atoms with Crippen LogP contribution in [-0.2, 0) is 0 Å². The Kier molecular flexibility index (Phi) is 2.72. The monoisotopic (exact) mass is 258 g/mol. The summed E-state index contributed by atoms with van der Waals surface area (Å²) in [4.78, 5) is 4.54. The first-order valence-corrected chi connectivity index (χ1v) is 6.43. The van der Waals surface area contributed by atoms with E-state index < -0.39 is 0 Å². The second-order valence-corrected chi connectivity index (χ2v) is 5.10. The van der Waals surface area contributed by atoms with Crippen LogP contribution >= 0.6 is 11.3 Å². The van der Waals surface area contributed by atoms with Crippen LogP contribution in [0.1, 0.15) is 5.56 Å². The minimum Gasteiger partial charge on any atom is -0.332 e. The minimum absolute atomic E-state index is 0.235. The van der Waals surface area contributed by atoms with Crippen LogP contribution in [-0.4, -0.2) is 4.98 Å². The number of aromatic nitrogens is 1. The Bertz CT molecular complexity index is 689. The highest BCUT2D eigenvalue weighted by atomic mass is 32.1. The first-order chi connectivity index (χ1) is 8.72. The molecule has 0 saturated carbocycles. The molecule has 3 rings (SSSR count). The number of anilines is 2. The molecule has 1 aromatic heterocycles. The van der Waals surface area contributed by atoms with Crippen molar-refractivity contribution in [2.75, 3.05) is 5.32 Å². The summed E-state index contributed by atoms with van der Waals surface area (Å²) in [6.07, 6.45) is 0. The van der Waals surface area contributed by atoms with Gasteiger partial charge in [-0.3, -0.25) is 0 Å². The number of hydrogen-bond donors (Lipinski definition) is 1. The molecule has 0 amide bonds. The Morgan fingerprint density at radius 1 is 1.11 bits per heavy atom. The van der Waals surface area contributed by atoms with Gasteiger partial charge in [0.2, 0.25) is 0 Å². The number of aryl methyl sites for hydroxylation is 1. The van der Waals surface area contributed by atoms with Gasteiger partial charge in [-0.05, 0) is 42.8 Å². The second kappa shape index (κ2) is 4.38. The van der Waals surface area contributed by atoms with Gasteiger partial charge < -0.3 is 5.32 Å². The van der Waals surface area contributed by atoms with E-state index in [1.54, 1.807) is 23.5 Å². The smallest absolute Gasteiger partial charge is 0.188 e. The molecule has 4 heteroatoms. The summed E-state index contributed by atoms with van der Waals surface area (Å²) in [6.45, 7) is 2.05. The molecule has 3 aromatic rings. The van der Waals surface area contributed by atoms with Gasteiger partial charge in [-0.1, -0.05) is 23.5 Å². The Balaban J connectivity index is 1.95. The minimum atomic E-state index is -0.235. The van der Waals surface area contributed by atoms with Gasteiger partial charge in [-0.2, -0.15) is 0 Å². The molecule has 1 N–H and O–H groups in total. The number of nitrogens with one attached hydrogen (secondary N) is 1. The average molecular weight is 258 g/mol. The molecule has 0 aliphatic rings. The number of hydrogen-bond acceptors (Lipinski definition) is 3. The van der Waals surface area contributed by atoms with Gasteiger partial charge in [0, 0.05) is 5.69 Å². The molecule has 0 atom stereocenters. The summed E-state index contributed by atoms with van der Waals surface area (Å²) in [6, 6.07) is 12.4. The summed E-state index contributed by atoms with van der Waals surface area (Å²) >= 11 is 1.59. The molecular formula is C14H11FN2S. The topological polar surface area (TPSA) is 24.9 Å².